The van der Waals surface area contributed by atoms with Crippen LogP contribution in [0.2, 0.25) is 0 Å². The fourth-order valence-corrected chi connectivity index (χ4v) is 2.96. The molecule has 2 N–H and O–H groups in total. The molecule has 3 nitrogen and oxygen atoms in total. The summed E-state index contributed by atoms with van der Waals surface area (Å²) in [6.07, 6.45) is 5.84. The number of nitrogens with zero attached hydrogens (tertiary/aromatic N) is 1. The number of benzene rings is 1. The highest BCUT2D eigenvalue weighted by molar-refractivity contribution is 5.16. The average molecular weight is 269 g/mol. The molecule has 0 aliphatic carbocycles. The van der Waals surface area contributed by atoms with E-state index in [-0.39, 0.29) is 0 Å². The van der Waals surface area contributed by atoms with E-state index in [1.807, 2.05) is 0 Å². The first-order chi connectivity index (χ1) is 9.92. The highest BCUT2D eigenvalue weighted by Crippen LogP contribution is 2.24. The minimum atomic E-state index is 0.648. The van der Waals surface area contributed by atoms with E-state index < -0.39 is 0 Å². The third-order valence-electron chi connectivity index (χ3n) is 4.16. The molecule has 2 heterocycles. The molecule has 20 heavy (non-hydrogen) atoms. The Morgan fingerprint density at radius 2 is 1.85 bits per heavy atom. The molecule has 0 bridgehead atoms. The van der Waals surface area contributed by atoms with Gasteiger partial charge >= 0.3 is 0 Å². The van der Waals surface area contributed by atoms with Crippen molar-refractivity contribution in [1.29, 1.82) is 0 Å². The fourth-order valence-electron chi connectivity index (χ4n) is 2.96. The normalized spacial score (nSPS) is 16.4. The van der Waals surface area contributed by atoms with Crippen molar-refractivity contribution in [3.05, 3.63) is 53.3 Å². The third kappa shape index (κ3) is 3.48. The Bertz CT molecular complexity index is 512. The van der Waals surface area contributed by atoms with Gasteiger partial charge in [0.15, 0.2) is 0 Å². The van der Waals surface area contributed by atoms with Gasteiger partial charge in [-0.25, -0.2) is 0 Å². The zero-order chi connectivity index (χ0) is 13.6. The Balaban J connectivity index is 1.50. The summed E-state index contributed by atoms with van der Waals surface area (Å²) in [6.45, 7) is 2.25. The molecule has 0 spiro atoms. The smallest absolute Gasteiger partial charge is 0.0656 e. The lowest BCUT2D eigenvalue weighted by molar-refractivity contribution is 0.453. The van der Waals surface area contributed by atoms with Crippen LogP contribution in [0.15, 0.2) is 36.4 Å². The summed E-state index contributed by atoms with van der Waals surface area (Å²) in [6, 6.07) is 13.0. The van der Waals surface area contributed by atoms with Gasteiger partial charge in [-0.2, -0.15) is 5.10 Å². The number of hydrogen-bond donors (Lipinski definition) is 2. The molecular weight excluding hydrogens is 246 g/mol. The highest BCUT2D eigenvalue weighted by Gasteiger charge is 2.17. The molecule has 0 radical (unpaired) electrons. The summed E-state index contributed by atoms with van der Waals surface area (Å²) in [5.41, 5.74) is 3.97. The summed E-state index contributed by atoms with van der Waals surface area (Å²) < 4.78 is 0. The minimum Gasteiger partial charge on any atom is -0.317 e. The molecule has 2 aromatic rings. The van der Waals surface area contributed by atoms with Gasteiger partial charge in [0.05, 0.1) is 5.69 Å². The van der Waals surface area contributed by atoms with Crippen LogP contribution in [0.5, 0.6) is 0 Å². The van der Waals surface area contributed by atoms with Crippen LogP contribution in [0.1, 0.15) is 42.1 Å². The van der Waals surface area contributed by atoms with Crippen molar-refractivity contribution < 1.29 is 0 Å². The Labute approximate surface area is 120 Å². The van der Waals surface area contributed by atoms with Gasteiger partial charge in [0.2, 0.25) is 0 Å². The molecule has 3 rings (SSSR count). The molecule has 1 aliphatic heterocycles. The van der Waals surface area contributed by atoms with Crippen LogP contribution in [0, 0.1) is 0 Å². The Kier molecular flexibility index (Phi) is 4.49. The van der Waals surface area contributed by atoms with Gasteiger partial charge in [0.1, 0.15) is 0 Å². The fraction of sp³-hybridized carbons (Fsp3) is 0.471. The van der Waals surface area contributed by atoms with E-state index >= 15 is 0 Å². The number of H-pyrrole nitrogens is 1. The lowest BCUT2D eigenvalue weighted by Crippen LogP contribution is -2.26. The topological polar surface area (TPSA) is 40.7 Å². The molecule has 1 saturated heterocycles. The zero-order valence-corrected chi connectivity index (χ0v) is 11.9. The van der Waals surface area contributed by atoms with Crippen molar-refractivity contribution >= 4 is 0 Å². The van der Waals surface area contributed by atoms with E-state index in [0.717, 1.165) is 25.9 Å². The number of aromatic amines is 1. The SMILES string of the molecule is c1ccc(CCCc2cc(C3CCNCC3)n[nH]2)cc1. The summed E-state index contributed by atoms with van der Waals surface area (Å²) >= 11 is 0. The largest absolute Gasteiger partial charge is 0.317 e. The Morgan fingerprint density at radius 1 is 1.05 bits per heavy atom. The lowest BCUT2D eigenvalue weighted by Gasteiger charge is -2.20. The first kappa shape index (κ1) is 13.4. The van der Waals surface area contributed by atoms with E-state index in [1.165, 1.54) is 36.2 Å². The van der Waals surface area contributed by atoms with Crippen LogP contribution in [0.25, 0.3) is 0 Å². The number of hydrogen-bond acceptors (Lipinski definition) is 2. The summed E-state index contributed by atoms with van der Waals surface area (Å²) in [7, 11) is 0. The second-order valence-corrected chi connectivity index (χ2v) is 5.68. The molecule has 0 atom stereocenters. The van der Waals surface area contributed by atoms with Crippen LogP contribution in [0.3, 0.4) is 0 Å². The number of piperidine rings is 1. The van der Waals surface area contributed by atoms with Gasteiger partial charge in [0.25, 0.3) is 0 Å². The van der Waals surface area contributed by atoms with Crippen LogP contribution < -0.4 is 5.32 Å². The molecule has 1 aromatic carbocycles. The Morgan fingerprint density at radius 3 is 2.65 bits per heavy atom. The molecule has 1 aliphatic rings. The maximum absolute atomic E-state index is 4.51. The van der Waals surface area contributed by atoms with E-state index in [0.29, 0.717) is 5.92 Å². The molecule has 0 unspecified atom stereocenters. The summed E-state index contributed by atoms with van der Waals surface area (Å²) in [4.78, 5) is 0. The zero-order valence-electron chi connectivity index (χ0n) is 11.9. The van der Waals surface area contributed by atoms with Gasteiger partial charge in [0, 0.05) is 11.6 Å². The number of aryl methyl sites for hydroxylation is 2. The van der Waals surface area contributed by atoms with Gasteiger partial charge in [-0.15, -0.1) is 0 Å². The Hall–Kier alpha value is -1.61. The molecule has 106 valence electrons. The quantitative estimate of drug-likeness (QED) is 0.876. The van der Waals surface area contributed by atoms with E-state index in [4.69, 9.17) is 0 Å². The van der Waals surface area contributed by atoms with Crippen molar-refractivity contribution in [2.75, 3.05) is 13.1 Å². The summed E-state index contributed by atoms with van der Waals surface area (Å²) in [5.74, 6) is 0.648. The van der Waals surface area contributed by atoms with E-state index in [2.05, 4.69) is 51.9 Å². The highest BCUT2D eigenvalue weighted by atomic mass is 15.1. The number of nitrogens with one attached hydrogen (secondary N) is 2. The monoisotopic (exact) mass is 269 g/mol. The van der Waals surface area contributed by atoms with Crippen LogP contribution in [-0.4, -0.2) is 23.3 Å². The average Bonchev–Trinajstić information content (AvgIpc) is 2.98. The van der Waals surface area contributed by atoms with Crippen LogP contribution in [0.4, 0.5) is 0 Å². The first-order valence-electron chi connectivity index (χ1n) is 7.70. The lowest BCUT2D eigenvalue weighted by atomic mass is 9.94. The molecule has 0 saturated carbocycles. The van der Waals surface area contributed by atoms with Crippen LogP contribution in [-0.2, 0) is 12.8 Å². The van der Waals surface area contributed by atoms with E-state index in [1.54, 1.807) is 0 Å². The molecule has 3 heteroatoms. The summed E-state index contributed by atoms with van der Waals surface area (Å²) in [5, 5.41) is 11.1. The van der Waals surface area contributed by atoms with Crippen molar-refractivity contribution in [3.63, 3.8) is 0 Å². The van der Waals surface area contributed by atoms with Crippen molar-refractivity contribution in [2.24, 2.45) is 0 Å². The minimum absolute atomic E-state index is 0.648. The van der Waals surface area contributed by atoms with Crippen molar-refractivity contribution in [3.8, 4) is 0 Å². The maximum Gasteiger partial charge on any atom is 0.0656 e. The van der Waals surface area contributed by atoms with Gasteiger partial charge in [-0.3, -0.25) is 5.10 Å². The van der Waals surface area contributed by atoms with Crippen molar-refractivity contribution in [1.82, 2.24) is 15.5 Å². The van der Waals surface area contributed by atoms with Gasteiger partial charge in [-0.05, 0) is 56.8 Å². The number of aromatic nitrogens is 2. The van der Waals surface area contributed by atoms with E-state index in [9.17, 15) is 0 Å². The second kappa shape index (κ2) is 6.71. The molecule has 1 fully saturated rings. The van der Waals surface area contributed by atoms with Gasteiger partial charge < -0.3 is 5.32 Å². The predicted octanol–water partition coefficient (Wildman–Crippen LogP) is 3.05. The third-order valence-corrected chi connectivity index (χ3v) is 4.16. The predicted molar refractivity (Wildman–Crippen MR) is 81.9 cm³/mol. The molecular formula is C17H23N3. The standard InChI is InChI=1S/C17H23N3/c1-2-5-14(6-3-1)7-4-8-16-13-17(20-19-16)15-9-11-18-12-10-15/h1-3,5-6,13,15,18H,4,7-12H2,(H,19,20). The first-order valence-corrected chi connectivity index (χ1v) is 7.70. The van der Waals surface area contributed by atoms with Gasteiger partial charge in [-0.1, -0.05) is 30.3 Å². The number of rotatable bonds is 5. The van der Waals surface area contributed by atoms with Crippen LogP contribution >= 0.6 is 0 Å². The van der Waals surface area contributed by atoms with Crippen molar-refractivity contribution in [2.45, 2.75) is 38.0 Å². The second-order valence-electron chi connectivity index (χ2n) is 5.68. The maximum atomic E-state index is 4.51. The molecule has 1 aromatic heterocycles. The molecule has 0 amide bonds.